The van der Waals surface area contributed by atoms with Crippen LogP contribution in [0.5, 0.6) is 5.88 Å². The van der Waals surface area contributed by atoms with Crippen LogP contribution < -0.4 is 4.74 Å². The van der Waals surface area contributed by atoms with Gasteiger partial charge < -0.3 is 9.64 Å². The molecule has 0 spiro atoms. The highest BCUT2D eigenvalue weighted by Crippen LogP contribution is 2.14. The van der Waals surface area contributed by atoms with Crippen LogP contribution in [0.4, 0.5) is 4.79 Å². The van der Waals surface area contributed by atoms with E-state index in [2.05, 4.69) is 9.97 Å². The molecule has 5 nitrogen and oxygen atoms in total. The molecule has 0 atom stereocenters. The first-order valence-electron chi connectivity index (χ1n) is 4.75. The number of hydrogen-bond acceptors (Lipinski definition) is 4. The molecular weight excluding hydrogens is 230 g/mol. The number of hydrogen-bond donors (Lipinski definition) is 0. The molecule has 6 heteroatoms. The molecular formula is C10H14ClN3O2. The second-order valence-corrected chi connectivity index (χ2v) is 4.60. The zero-order chi connectivity index (χ0) is 12.3. The smallest absolute Gasteiger partial charge is 0.391 e. The molecule has 1 aromatic rings. The molecule has 0 N–H and O–H groups in total. The summed E-state index contributed by atoms with van der Waals surface area (Å²) >= 11 is 5.57. The number of halogens is 1. The third-order valence-corrected chi connectivity index (χ3v) is 2.25. The van der Waals surface area contributed by atoms with E-state index in [-0.39, 0.29) is 16.7 Å². The number of ether oxygens (including phenoxy) is 1. The van der Waals surface area contributed by atoms with Crippen molar-refractivity contribution in [2.45, 2.75) is 26.3 Å². The van der Waals surface area contributed by atoms with E-state index >= 15 is 0 Å². The van der Waals surface area contributed by atoms with Crippen LogP contribution in [-0.4, -0.2) is 33.5 Å². The fourth-order valence-electron chi connectivity index (χ4n) is 0.808. The summed E-state index contributed by atoms with van der Waals surface area (Å²) in [5.41, 5.74) is -0.312. The highest BCUT2D eigenvalue weighted by Gasteiger charge is 2.24. The number of nitrogens with zero attached hydrogens (tertiary/aromatic N) is 3. The predicted molar refractivity (Wildman–Crippen MR) is 60.6 cm³/mol. The molecule has 0 unspecified atom stereocenters. The molecule has 0 bridgehead atoms. The first-order valence-corrected chi connectivity index (χ1v) is 5.12. The summed E-state index contributed by atoms with van der Waals surface area (Å²) in [6, 6.07) is 1.47. The third kappa shape index (κ3) is 3.34. The summed E-state index contributed by atoms with van der Waals surface area (Å²) in [6.45, 7) is 5.71. The topological polar surface area (TPSA) is 55.3 Å². The van der Waals surface area contributed by atoms with Gasteiger partial charge in [0.1, 0.15) is 0 Å². The monoisotopic (exact) mass is 243 g/mol. The summed E-state index contributed by atoms with van der Waals surface area (Å²) < 4.78 is 5.03. The second-order valence-electron chi connectivity index (χ2n) is 4.26. The molecule has 16 heavy (non-hydrogen) atoms. The molecule has 0 radical (unpaired) electrons. The van der Waals surface area contributed by atoms with Gasteiger partial charge in [0, 0.05) is 24.8 Å². The summed E-state index contributed by atoms with van der Waals surface area (Å²) in [6.07, 6.45) is 0.942. The van der Waals surface area contributed by atoms with Gasteiger partial charge >= 0.3 is 6.09 Å². The van der Waals surface area contributed by atoms with Gasteiger partial charge in [0.05, 0.1) is 0 Å². The zero-order valence-electron chi connectivity index (χ0n) is 9.69. The van der Waals surface area contributed by atoms with Crippen molar-refractivity contribution in [2.75, 3.05) is 7.05 Å². The van der Waals surface area contributed by atoms with Crippen molar-refractivity contribution < 1.29 is 9.53 Å². The number of rotatable bonds is 1. The van der Waals surface area contributed by atoms with Crippen LogP contribution in [0.25, 0.3) is 0 Å². The van der Waals surface area contributed by atoms with Gasteiger partial charge in [0.2, 0.25) is 11.2 Å². The normalized spacial score (nSPS) is 11.1. The van der Waals surface area contributed by atoms with Gasteiger partial charge in [-0.15, -0.1) is 0 Å². The summed E-state index contributed by atoms with van der Waals surface area (Å²) in [5.74, 6) is 0.140. The molecule has 0 fully saturated rings. The molecule has 0 aliphatic carbocycles. The predicted octanol–water partition coefficient (Wildman–Crippen LogP) is 2.36. The minimum Gasteiger partial charge on any atom is -0.391 e. The van der Waals surface area contributed by atoms with Crippen molar-refractivity contribution in [1.82, 2.24) is 14.9 Å². The Hall–Kier alpha value is -1.36. The zero-order valence-corrected chi connectivity index (χ0v) is 10.4. The average molecular weight is 244 g/mol. The Kier molecular flexibility index (Phi) is 3.70. The molecule has 1 rings (SSSR count). The Morgan fingerprint density at radius 2 is 2.12 bits per heavy atom. The maximum atomic E-state index is 11.7. The van der Waals surface area contributed by atoms with Gasteiger partial charge in [0.25, 0.3) is 0 Å². The Morgan fingerprint density at radius 1 is 1.50 bits per heavy atom. The van der Waals surface area contributed by atoms with Gasteiger partial charge in [-0.2, -0.15) is 4.98 Å². The molecule has 1 aromatic heterocycles. The van der Waals surface area contributed by atoms with Gasteiger partial charge in [-0.05, 0) is 32.4 Å². The van der Waals surface area contributed by atoms with E-state index in [1.54, 1.807) is 7.05 Å². The molecule has 88 valence electrons. The maximum absolute atomic E-state index is 11.7. The summed E-state index contributed by atoms with van der Waals surface area (Å²) in [7, 11) is 1.66. The lowest BCUT2D eigenvalue weighted by Crippen LogP contribution is -2.44. The van der Waals surface area contributed by atoms with Crippen molar-refractivity contribution in [3.63, 3.8) is 0 Å². The van der Waals surface area contributed by atoms with Crippen LogP contribution in [0.2, 0.25) is 5.28 Å². The summed E-state index contributed by atoms with van der Waals surface area (Å²) in [5, 5.41) is 0.0451. The first-order chi connectivity index (χ1) is 7.30. The molecule has 0 aliphatic rings. The molecule has 0 saturated carbocycles. The molecule has 0 aromatic carbocycles. The van der Waals surface area contributed by atoms with E-state index in [1.165, 1.54) is 17.2 Å². The largest absolute Gasteiger partial charge is 0.416 e. The molecule has 0 aliphatic heterocycles. The molecule has 1 amide bonds. The van der Waals surface area contributed by atoms with Crippen molar-refractivity contribution in [3.8, 4) is 5.88 Å². The summed E-state index contributed by atoms with van der Waals surface area (Å²) in [4.78, 5) is 20.6. The molecule has 0 saturated heterocycles. The van der Waals surface area contributed by atoms with Crippen LogP contribution >= 0.6 is 11.6 Å². The Labute approximate surface area is 99.4 Å². The standard InChI is InChI=1S/C10H14ClN3O2/c1-10(2,3)14(4)9(15)16-7-5-6-12-8(11)13-7/h5-6H,1-4H3. The second kappa shape index (κ2) is 4.65. The van der Waals surface area contributed by atoms with Gasteiger partial charge in [-0.3, -0.25) is 0 Å². The van der Waals surface area contributed by atoms with Crippen LogP contribution in [-0.2, 0) is 0 Å². The van der Waals surface area contributed by atoms with Gasteiger partial charge in [0.15, 0.2) is 0 Å². The fraction of sp³-hybridized carbons (Fsp3) is 0.500. The first kappa shape index (κ1) is 12.7. The van der Waals surface area contributed by atoms with Crippen LogP contribution in [0, 0.1) is 0 Å². The number of aromatic nitrogens is 2. The van der Waals surface area contributed by atoms with E-state index in [4.69, 9.17) is 16.3 Å². The van der Waals surface area contributed by atoms with Crippen molar-refractivity contribution in [3.05, 3.63) is 17.5 Å². The van der Waals surface area contributed by atoms with Gasteiger partial charge in [-0.1, -0.05) is 0 Å². The highest BCUT2D eigenvalue weighted by atomic mass is 35.5. The van der Waals surface area contributed by atoms with Crippen LogP contribution in [0.1, 0.15) is 20.8 Å². The minimum atomic E-state index is -0.484. The Bertz CT molecular complexity index is 390. The lowest BCUT2D eigenvalue weighted by atomic mass is 10.1. The Balaban J connectivity index is 2.72. The van der Waals surface area contributed by atoms with E-state index in [0.29, 0.717) is 0 Å². The fourth-order valence-corrected chi connectivity index (χ4v) is 0.948. The van der Waals surface area contributed by atoms with E-state index in [9.17, 15) is 4.79 Å². The van der Waals surface area contributed by atoms with Crippen LogP contribution in [0.3, 0.4) is 0 Å². The van der Waals surface area contributed by atoms with E-state index < -0.39 is 6.09 Å². The number of carbonyl (C=O) groups excluding carboxylic acids is 1. The van der Waals surface area contributed by atoms with E-state index in [1.807, 2.05) is 20.8 Å². The Morgan fingerprint density at radius 3 is 2.62 bits per heavy atom. The van der Waals surface area contributed by atoms with Crippen molar-refractivity contribution in [2.24, 2.45) is 0 Å². The third-order valence-electron chi connectivity index (χ3n) is 2.07. The highest BCUT2D eigenvalue weighted by molar-refractivity contribution is 6.28. The number of carbonyl (C=O) groups is 1. The van der Waals surface area contributed by atoms with E-state index in [0.717, 1.165) is 0 Å². The quantitative estimate of drug-likeness (QED) is 0.711. The minimum absolute atomic E-state index is 0.0451. The van der Waals surface area contributed by atoms with Crippen molar-refractivity contribution >= 4 is 17.7 Å². The lowest BCUT2D eigenvalue weighted by molar-refractivity contribution is 0.123. The lowest BCUT2D eigenvalue weighted by Gasteiger charge is -2.30. The number of amides is 1. The van der Waals surface area contributed by atoms with Gasteiger partial charge in [-0.25, -0.2) is 9.78 Å². The van der Waals surface area contributed by atoms with Crippen molar-refractivity contribution in [1.29, 1.82) is 0 Å². The average Bonchev–Trinajstić information content (AvgIpc) is 2.15. The maximum Gasteiger partial charge on any atom is 0.416 e. The van der Waals surface area contributed by atoms with Crippen LogP contribution in [0.15, 0.2) is 12.3 Å². The molecule has 1 heterocycles. The SMILES string of the molecule is CN(C(=O)Oc1ccnc(Cl)n1)C(C)(C)C.